The first-order chi connectivity index (χ1) is 9.92. The fourth-order valence-electron chi connectivity index (χ4n) is 3.28. The van der Waals surface area contributed by atoms with Gasteiger partial charge in [-0.2, -0.15) is 0 Å². The number of hydrogen-bond acceptors (Lipinski definition) is 4. The topological polar surface area (TPSA) is 44.8 Å². The van der Waals surface area contributed by atoms with Crippen LogP contribution >= 0.6 is 0 Å². The number of Topliss-reactive ketones (excluding diaryl/α,β-unsaturated/α-hetero) is 1. The monoisotopic (exact) mass is 328 g/mol. The third-order valence-electron chi connectivity index (χ3n) is 5.21. The molecule has 2 heterocycles. The van der Waals surface area contributed by atoms with Crippen LogP contribution in [0.5, 0.6) is 0 Å². The van der Waals surface area contributed by atoms with E-state index in [1.165, 1.54) is 0 Å². The summed E-state index contributed by atoms with van der Waals surface area (Å²) in [6, 6.07) is 0. The molecule has 0 unspecified atom stereocenters. The molecule has 1 spiro atoms. The van der Waals surface area contributed by atoms with Crippen molar-refractivity contribution in [2.45, 2.75) is 103 Å². The molecule has 128 valence electrons. The van der Waals surface area contributed by atoms with Gasteiger partial charge in [-0.1, -0.05) is 20.8 Å². The third-order valence-corrected chi connectivity index (χ3v) is 9.75. The van der Waals surface area contributed by atoms with Crippen molar-refractivity contribution in [1.82, 2.24) is 0 Å². The minimum absolute atomic E-state index is 0.0571. The second-order valence-corrected chi connectivity index (χ2v) is 13.4. The highest BCUT2D eigenvalue weighted by Gasteiger charge is 2.49. The highest BCUT2D eigenvalue weighted by atomic mass is 28.4. The van der Waals surface area contributed by atoms with Crippen LogP contribution in [0, 0.1) is 0 Å². The summed E-state index contributed by atoms with van der Waals surface area (Å²) in [4.78, 5) is 12.0. The zero-order valence-electron chi connectivity index (χ0n) is 15.2. The van der Waals surface area contributed by atoms with Gasteiger partial charge in [-0.25, -0.2) is 0 Å². The van der Waals surface area contributed by atoms with Gasteiger partial charge in [0.2, 0.25) is 0 Å². The maximum absolute atomic E-state index is 12.0. The molecular weight excluding hydrogens is 296 g/mol. The van der Waals surface area contributed by atoms with Crippen molar-refractivity contribution in [1.29, 1.82) is 0 Å². The Kier molecular flexibility index (Phi) is 4.94. The van der Waals surface area contributed by atoms with Crippen LogP contribution in [-0.4, -0.2) is 38.2 Å². The summed E-state index contributed by atoms with van der Waals surface area (Å²) in [6.45, 7) is 15.3. The molecule has 0 N–H and O–H groups in total. The zero-order chi connectivity index (χ0) is 16.8. The normalized spacial score (nSPS) is 37.6. The second-order valence-electron chi connectivity index (χ2n) is 8.63. The van der Waals surface area contributed by atoms with Gasteiger partial charge in [0, 0.05) is 12.8 Å². The van der Waals surface area contributed by atoms with E-state index in [9.17, 15) is 4.79 Å². The Balaban J connectivity index is 2.13. The first-order valence-electron chi connectivity index (χ1n) is 8.48. The molecule has 4 atom stereocenters. The number of carbonyl (C=O) groups excluding carboxylic acids is 1. The van der Waals surface area contributed by atoms with Crippen LogP contribution in [0.3, 0.4) is 0 Å². The predicted octanol–water partition coefficient (Wildman–Crippen LogP) is 4.04. The van der Waals surface area contributed by atoms with Crippen molar-refractivity contribution in [3.63, 3.8) is 0 Å². The van der Waals surface area contributed by atoms with E-state index in [1.807, 2.05) is 6.92 Å². The SMILES string of the molecule is C[C@@H]1CC(=O)C[C@@]2(C[C@@H](O[Si](C)(C)C(C)(C)C)C[C@H](C)O2)O1. The highest BCUT2D eigenvalue weighted by molar-refractivity contribution is 6.74. The molecule has 2 rings (SSSR count). The lowest BCUT2D eigenvalue weighted by molar-refractivity contribution is -0.312. The summed E-state index contributed by atoms with van der Waals surface area (Å²) >= 11 is 0. The van der Waals surface area contributed by atoms with E-state index in [0.717, 1.165) is 6.42 Å². The molecule has 0 aromatic carbocycles. The van der Waals surface area contributed by atoms with Crippen LogP contribution in [0.1, 0.15) is 60.3 Å². The van der Waals surface area contributed by atoms with Crippen molar-refractivity contribution in [3.05, 3.63) is 0 Å². The van der Waals surface area contributed by atoms with Gasteiger partial charge in [-0.3, -0.25) is 4.79 Å². The molecular formula is C17H32O4Si. The van der Waals surface area contributed by atoms with Gasteiger partial charge in [0.1, 0.15) is 5.78 Å². The van der Waals surface area contributed by atoms with E-state index in [2.05, 4.69) is 40.8 Å². The van der Waals surface area contributed by atoms with E-state index >= 15 is 0 Å². The van der Waals surface area contributed by atoms with Gasteiger partial charge in [0.15, 0.2) is 14.1 Å². The fourth-order valence-corrected chi connectivity index (χ4v) is 4.65. The molecule has 0 saturated carbocycles. The van der Waals surface area contributed by atoms with Crippen molar-refractivity contribution in [2.75, 3.05) is 0 Å². The third kappa shape index (κ3) is 3.99. The Morgan fingerprint density at radius 2 is 1.77 bits per heavy atom. The van der Waals surface area contributed by atoms with Gasteiger partial charge in [-0.05, 0) is 38.4 Å². The van der Waals surface area contributed by atoms with Gasteiger partial charge in [0.05, 0.1) is 24.7 Å². The van der Waals surface area contributed by atoms with Gasteiger partial charge < -0.3 is 13.9 Å². The molecule has 0 aromatic heterocycles. The molecule has 0 aromatic rings. The lowest BCUT2D eigenvalue weighted by atomic mass is 9.91. The Labute approximate surface area is 136 Å². The summed E-state index contributed by atoms with van der Waals surface area (Å²) < 4.78 is 18.7. The molecule has 4 nitrogen and oxygen atoms in total. The van der Waals surface area contributed by atoms with E-state index < -0.39 is 14.1 Å². The average molecular weight is 329 g/mol. The van der Waals surface area contributed by atoms with Crippen LogP contribution in [0.15, 0.2) is 0 Å². The average Bonchev–Trinajstić information content (AvgIpc) is 2.22. The molecule has 22 heavy (non-hydrogen) atoms. The number of carbonyl (C=O) groups is 1. The van der Waals surface area contributed by atoms with E-state index in [4.69, 9.17) is 13.9 Å². The molecule has 2 aliphatic heterocycles. The molecule has 0 bridgehead atoms. The van der Waals surface area contributed by atoms with Crippen LogP contribution in [0.2, 0.25) is 18.1 Å². The Morgan fingerprint density at radius 3 is 2.32 bits per heavy atom. The second kappa shape index (κ2) is 6.00. The van der Waals surface area contributed by atoms with Crippen molar-refractivity contribution < 1.29 is 18.7 Å². The molecule has 0 aliphatic carbocycles. The van der Waals surface area contributed by atoms with Crippen LogP contribution < -0.4 is 0 Å². The number of ether oxygens (including phenoxy) is 2. The van der Waals surface area contributed by atoms with E-state index in [0.29, 0.717) is 19.3 Å². The summed E-state index contributed by atoms with van der Waals surface area (Å²) in [6.07, 6.45) is 2.50. The first kappa shape index (κ1) is 18.1. The van der Waals surface area contributed by atoms with Crippen molar-refractivity contribution >= 4 is 14.1 Å². The van der Waals surface area contributed by atoms with Crippen molar-refractivity contribution in [2.24, 2.45) is 0 Å². The van der Waals surface area contributed by atoms with Crippen LogP contribution in [-0.2, 0) is 18.7 Å². The number of rotatable bonds is 2. The Hall–Kier alpha value is -0.233. The summed E-state index contributed by atoms with van der Waals surface area (Å²) in [5, 5.41) is 0.179. The minimum Gasteiger partial charge on any atom is -0.414 e. The summed E-state index contributed by atoms with van der Waals surface area (Å²) in [5.41, 5.74) is 0. The smallest absolute Gasteiger partial charge is 0.192 e. The largest absolute Gasteiger partial charge is 0.414 e. The maximum atomic E-state index is 12.0. The quantitative estimate of drug-likeness (QED) is 0.718. The van der Waals surface area contributed by atoms with E-state index in [-0.39, 0.29) is 29.1 Å². The van der Waals surface area contributed by atoms with Gasteiger partial charge >= 0.3 is 0 Å². The standard InChI is InChI=1S/C17H32O4Si/c1-12-8-14(18)10-17(19-12)11-15(9-13(2)20-17)21-22(6,7)16(3,4)5/h12-13,15H,8-11H2,1-7H3/t12-,13+,15+,17-/m1/s1. The molecule has 2 aliphatic rings. The number of ketones is 1. The molecule has 0 radical (unpaired) electrons. The first-order valence-corrected chi connectivity index (χ1v) is 11.4. The zero-order valence-corrected chi connectivity index (χ0v) is 16.2. The molecule has 0 amide bonds. The lowest BCUT2D eigenvalue weighted by Gasteiger charge is -2.49. The number of hydrogen-bond donors (Lipinski definition) is 0. The summed E-state index contributed by atoms with van der Waals surface area (Å²) in [7, 11) is -1.83. The molecule has 2 fully saturated rings. The minimum atomic E-state index is -1.83. The molecule has 5 heteroatoms. The van der Waals surface area contributed by atoms with Crippen molar-refractivity contribution in [3.8, 4) is 0 Å². The van der Waals surface area contributed by atoms with Crippen LogP contribution in [0.4, 0.5) is 0 Å². The summed E-state index contributed by atoms with van der Waals surface area (Å²) in [5.74, 6) is -0.529. The highest BCUT2D eigenvalue weighted by Crippen LogP contribution is 2.43. The fraction of sp³-hybridized carbons (Fsp3) is 0.941. The predicted molar refractivity (Wildman–Crippen MR) is 89.4 cm³/mol. The van der Waals surface area contributed by atoms with Gasteiger partial charge in [-0.15, -0.1) is 0 Å². The lowest BCUT2D eigenvalue weighted by Crippen LogP contribution is -2.55. The van der Waals surface area contributed by atoms with Crippen LogP contribution in [0.25, 0.3) is 0 Å². The van der Waals surface area contributed by atoms with Gasteiger partial charge in [0.25, 0.3) is 0 Å². The Morgan fingerprint density at radius 1 is 1.18 bits per heavy atom. The van der Waals surface area contributed by atoms with E-state index in [1.54, 1.807) is 0 Å². The maximum Gasteiger partial charge on any atom is 0.192 e. The molecule has 2 saturated heterocycles. The Bertz CT molecular complexity index is 425.